The predicted octanol–water partition coefficient (Wildman–Crippen LogP) is 1.76. The number of aryl methyl sites for hydroxylation is 1. The lowest BCUT2D eigenvalue weighted by molar-refractivity contribution is -0.137. The summed E-state index contributed by atoms with van der Waals surface area (Å²) in [6.45, 7) is 2.13. The third-order valence-electron chi connectivity index (χ3n) is 2.62. The number of rotatable bonds is 6. The Balaban J connectivity index is 3.32. The highest BCUT2D eigenvalue weighted by atomic mass is 32.2. The summed E-state index contributed by atoms with van der Waals surface area (Å²) in [6.07, 6.45) is 0.369. The van der Waals surface area contributed by atoms with E-state index in [1.165, 1.54) is 6.92 Å². The molecular weight excluding hydrogens is 292 g/mol. The molecule has 0 radical (unpaired) electrons. The van der Waals surface area contributed by atoms with Crippen molar-refractivity contribution in [3.8, 4) is 0 Å². The molecule has 112 valence electrons. The van der Waals surface area contributed by atoms with Gasteiger partial charge in [0.2, 0.25) is 10.0 Å². The summed E-state index contributed by atoms with van der Waals surface area (Å²) < 4.78 is 52.0. The van der Waals surface area contributed by atoms with Crippen LogP contribution < -0.4 is 0 Å². The van der Waals surface area contributed by atoms with Gasteiger partial charge in [-0.1, -0.05) is 6.92 Å². The van der Waals surface area contributed by atoms with E-state index in [0.717, 1.165) is 6.07 Å². The molecule has 0 spiro atoms. The van der Waals surface area contributed by atoms with E-state index in [4.69, 9.17) is 5.11 Å². The second-order valence-corrected chi connectivity index (χ2v) is 6.17. The third kappa shape index (κ3) is 3.51. The van der Waals surface area contributed by atoms with E-state index in [1.54, 1.807) is 6.92 Å². The number of carboxylic acids is 1. The van der Waals surface area contributed by atoms with Crippen LogP contribution in [0.3, 0.4) is 0 Å². The van der Waals surface area contributed by atoms with Crippen molar-refractivity contribution in [2.45, 2.75) is 25.2 Å². The van der Waals surface area contributed by atoms with E-state index in [2.05, 4.69) is 0 Å². The van der Waals surface area contributed by atoms with Crippen molar-refractivity contribution < 1.29 is 27.1 Å². The first kappa shape index (κ1) is 16.5. The van der Waals surface area contributed by atoms with Crippen molar-refractivity contribution in [3.63, 3.8) is 0 Å². The molecule has 8 heteroatoms. The summed E-state index contributed by atoms with van der Waals surface area (Å²) in [5.41, 5.74) is -0.0308. The van der Waals surface area contributed by atoms with E-state index >= 15 is 0 Å². The van der Waals surface area contributed by atoms with Crippen molar-refractivity contribution in [1.82, 2.24) is 4.31 Å². The normalized spacial score (nSPS) is 11.8. The van der Waals surface area contributed by atoms with Gasteiger partial charge in [-0.2, -0.15) is 4.31 Å². The number of benzene rings is 1. The lowest BCUT2D eigenvalue weighted by Gasteiger charge is -2.20. The van der Waals surface area contributed by atoms with Crippen molar-refractivity contribution in [1.29, 1.82) is 0 Å². The van der Waals surface area contributed by atoms with Crippen LogP contribution in [0.25, 0.3) is 0 Å². The fraction of sp³-hybridized carbons (Fsp3) is 0.417. The first-order valence-electron chi connectivity index (χ1n) is 5.87. The van der Waals surface area contributed by atoms with Crippen LogP contribution in [-0.4, -0.2) is 36.9 Å². The quantitative estimate of drug-likeness (QED) is 0.869. The molecule has 0 bridgehead atoms. The maximum Gasteiger partial charge on any atom is 0.318 e. The van der Waals surface area contributed by atoms with Gasteiger partial charge < -0.3 is 5.11 Å². The minimum absolute atomic E-state index is 0.0308. The molecule has 0 heterocycles. The lowest BCUT2D eigenvalue weighted by atomic mass is 10.2. The van der Waals surface area contributed by atoms with Gasteiger partial charge in [-0.05, 0) is 25.0 Å². The number of carbonyl (C=O) groups is 1. The van der Waals surface area contributed by atoms with Crippen molar-refractivity contribution >= 4 is 16.0 Å². The molecule has 0 amide bonds. The fourth-order valence-corrected chi connectivity index (χ4v) is 3.26. The van der Waals surface area contributed by atoms with E-state index in [1.807, 2.05) is 0 Å². The summed E-state index contributed by atoms with van der Waals surface area (Å²) >= 11 is 0. The summed E-state index contributed by atoms with van der Waals surface area (Å²) in [4.78, 5) is 9.99. The summed E-state index contributed by atoms with van der Waals surface area (Å²) in [5.74, 6) is -3.44. The second-order valence-electron chi connectivity index (χ2n) is 4.26. The number of nitrogens with zero attached hydrogens (tertiary/aromatic N) is 1. The number of sulfonamides is 1. The van der Waals surface area contributed by atoms with Gasteiger partial charge in [-0.3, -0.25) is 4.79 Å². The molecule has 0 aromatic heterocycles. The van der Waals surface area contributed by atoms with E-state index < -0.39 is 39.1 Å². The Hall–Kier alpha value is -1.54. The fourth-order valence-electron chi connectivity index (χ4n) is 1.65. The monoisotopic (exact) mass is 307 g/mol. The Labute approximate surface area is 115 Å². The topological polar surface area (TPSA) is 74.7 Å². The number of hydrogen-bond acceptors (Lipinski definition) is 3. The van der Waals surface area contributed by atoms with Crippen LogP contribution in [-0.2, 0) is 14.8 Å². The highest BCUT2D eigenvalue weighted by molar-refractivity contribution is 7.89. The van der Waals surface area contributed by atoms with E-state index in [-0.39, 0.29) is 12.1 Å². The average molecular weight is 307 g/mol. The molecule has 20 heavy (non-hydrogen) atoms. The Bertz CT molecular complexity index is 616. The largest absolute Gasteiger partial charge is 0.480 e. The van der Waals surface area contributed by atoms with E-state index in [0.29, 0.717) is 16.8 Å². The van der Waals surface area contributed by atoms with Gasteiger partial charge in [-0.25, -0.2) is 17.2 Å². The number of halogens is 2. The Morgan fingerprint density at radius 3 is 2.40 bits per heavy atom. The van der Waals surface area contributed by atoms with Crippen LogP contribution >= 0.6 is 0 Å². The molecule has 0 unspecified atom stereocenters. The van der Waals surface area contributed by atoms with Gasteiger partial charge in [-0.15, -0.1) is 0 Å². The molecule has 0 aliphatic rings. The van der Waals surface area contributed by atoms with Crippen LogP contribution in [0.4, 0.5) is 8.78 Å². The van der Waals surface area contributed by atoms with Crippen LogP contribution in [0.15, 0.2) is 17.0 Å². The molecule has 1 aromatic carbocycles. The SMILES string of the molecule is CCCN(CC(=O)O)S(=O)(=O)c1cc(C)c(F)cc1F. The minimum Gasteiger partial charge on any atom is -0.480 e. The molecule has 1 N–H and O–H groups in total. The van der Waals surface area contributed by atoms with Crippen LogP contribution in [0.5, 0.6) is 0 Å². The molecule has 0 saturated carbocycles. The third-order valence-corrected chi connectivity index (χ3v) is 4.48. The first-order chi connectivity index (χ1) is 9.20. The van der Waals surface area contributed by atoms with Gasteiger partial charge >= 0.3 is 5.97 Å². The molecule has 0 aliphatic carbocycles. The van der Waals surface area contributed by atoms with Crippen molar-refractivity contribution in [2.75, 3.05) is 13.1 Å². The molecule has 0 atom stereocenters. The van der Waals surface area contributed by atoms with Crippen molar-refractivity contribution in [3.05, 3.63) is 29.3 Å². The highest BCUT2D eigenvalue weighted by Crippen LogP contribution is 2.22. The zero-order valence-corrected chi connectivity index (χ0v) is 11.9. The van der Waals surface area contributed by atoms with Crippen LogP contribution in [0, 0.1) is 18.6 Å². The van der Waals surface area contributed by atoms with Crippen LogP contribution in [0.2, 0.25) is 0 Å². The van der Waals surface area contributed by atoms with E-state index in [9.17, 15) is 22.0 Å². The molecular formula is C12H15F2NO4S. The zero-order chi connectivity index (χ0) is 15.5. The lowest BCUT2D eigenvalue weighted by Crippen LogP contribution is -2.36. The molecule has 5 nitrogen and oxygen atoms in total. The summed E-state index contributed by atoms with van der Waals surface area (Å²) in [6, 6.07) is 1.34. The first-order valence-corrected chi connectivity index (χ1v) is 7.31. The van der Waals surface area contributed by atoms with Gasteiger partial charge in [0.05, 0.1) is 0 Å². The zero-order valence-electron chi connectivity index (χ0n) is 11.1. The Kier molecular flexibility index (Phi) is 5.18. The number of carboxylic acid groups (broad SMARTS) is 1. The Morgan fingerprint density at radius 1 is 1.30 bits per heavy atom. The van der Waals surface area contributed by atoms with Crippen LogP contribution in [0.1, 0.15) is 18.9 Å². The number of aliphatic carboxylic acids is 1. The maximum absolute atomic E-state index is 13.7. The minimum atomic E-state index is -4.32. The average Bonchev–Trinajstić information content (AvgIpc) is 2.32. The molecule has 1 aromatic rings. The van der Waals surface area contributed by atoms with Gasteiger partial charge in [0.25, 0.3) is 0 Å². The number of hydrogen-bond donors (Lipinski definition) is 1. The molecule has 1 rings (SSSR count). The Morgan fingerprint density at radius 2 is 1.90 bits per heavy atom. The van der Waals surface area contributed by atoms with Gasteiger partial charge in [0, 0.05) is 12.6 Å². The molecule has 0 aliphatic heterocycles. The summed E-state index contributed by atoms with van der Waals surface area (Å²) in [7, 11) is -4.32. The maximum atomic E-state index is 13.7. The van der Waals surface area contributed by atoms with Gasteiger partial charge in [0.15, 0.2) is 0 Å². The predicted molar refractivity (Wildman–Crippen MR) is 67.8 cm³/mol. The molecule has 0 saturated heterocycles. The second kappa shape index (κ2) is 6.27. The summed E-state index contributed by atoms with van der Waals surface area (Å²) in [5, 5.41) is 8.73. The standard InChI is InChI=1S/C12H15F2NO4S/c1-3-4-15(7-12(16)17)20(18,19)11-5-8(2)9(13)6-10(11)14/h5-6H,3-4,7H2,1-2H3,(H,16,17). The highest BCUT2D eigenvalue weighted by Gasteiger charge is 2.29. The molecule has 0 fully saturated rings. The van der Waals surface area contributed by atoms with Crippen molar-refractivity contribution in [2.24, 2.45) is 0 Å². The smallest absolute Gasteiger partial charge is 0.318 e. The van der Waals surface area contributed by atoms with Gasteiger partial charge in [0.1, 0.15) is 23.1 Å².